The summed E-state index contributed by atoms with van der Waals surface area (Å²) < 4.78 is 28.2. The first kappa shape index (κ1) is 26.4. The van der Waals surface area contributed by atoms with Crippen LogP contribution >= 0.6 is 0 Å². The van der Waals surface area contributed by atoms with Crippen molar-refractivity contribution in [2.75, 3.05) is 0 Å². The summed E-state index contributed by atoms with van der Waals surface area (Å²) in [5.41, 5.74) is 8.92. The number of aliphatic hydroxyl groups is 2. The van der Waals surface area contributed by atoms with Crippen LogP contribution in [0.25, 0.3) is 33.4 Å². The largest absolute Gasteiger partial charge is 0.397 e. The molecule has 1 atom stereocenters. The second-order valence-electron chi connectivity index (χ2n) is 8.82. The molecule has 0 aliphatic rings. The van der Waals surface area contributed by atoms with Crippen LogP contribution in [0.3, 0.4) is 0 Å². The Morgan fingerprint density at radius 2 is 1.97 bits per heavy atom. The Hall–Kier alpha value is -4.68. The SMILES string of the molecule is C=C(NC(ON=O)c1cc(F)ccc1F)c1cc(-c2ccc3c(C(=C)N)n[nH]c3c2)cnc1CC(C)(O)O. The zero-order valence-corrected chi connectivity index (χ0v) is 20.2. The van der Waals surface area contributed by atoms with E-state index in [9.17, 15) is 23.9 Å². The van der Waals surface area contributed by atoms with Gasteiger partial charge in [-0.1, -0.05) is 19.2 Å². The van der Waals surface area contributed by atoms with Crippen LogP contribution in [0.5, 0.6) is 0 Å². The molecule has 4 rings (SSSR count). The third kappa shape index (κ3) is 5.66. The number of hydrogen-bond donors (Lipinski definition) is 5. The molecule has 196 valence electrons. The summed E-state index contributed by atoms with van der Waals surface area (Å²) in [7, 11) is 0. The van der Waals surface area contributed by atoms with E-state index in [-0.39, 0.29) is 23.4 Å². The molecule has 6 N–H and O–H groups in total. The van der Waals surface area contributed by atoms with E-state index in [1.807, 2.05) is 18.2 Å². The number of H-pyrrole nitrogens is 1. The maximum atomic E-state index is 14.4. The van der Waals surface area contributed by atoms with Crippen LogP contribution in [-0.2, 0) is 11.3 Å². The number of halogens is 2. The minimum absolute atomic E-state index is 0.0697. The van der Waals surface area contributed by atoms with E-state index in [1.165, 1.54) is 13.1 Å². The molecule has 4 aromatic rings. The average Bonchev–Trinajstić information content (AvgIpc) is 3.28. The lowest BCUT2D eigenvalue weighted by molar-refractivity contribution is -0.143. The van der Waals surface area contributed by atoms with Crippen molar-refractivity contribution in [1.82, 2.24) is 20.5 Å². The maximum absolute atomic E-state index is 14.4. The van der Waals surface area contributed by atoms with Gasteiger partial charge in [0.05, 0.1) is 22.5 Å². The number of rotatable bonds is 10. The van der Waals surface area contributed by atoms with Crippen LogP contribution in [-0.4, -0.2) is 31.2 Å². The van der Waals surface area contributed by atoms with E-state index in [2.05, 4.69) is 39.0 Å². The molecule has 0 saturated heterocycles. The zero-order chi connectivity index (χ0) is 27.6. The van der Waals surface area contributed by atoms with Gasteiger partial charge in [0.2, 0.25) is 6.23 Å². The standard InChI is InChI=1S/C26H24F2N6O4/c1-13(29)24-18-6-4-15(9-22(18)32-33-24)16-8-19(23(30-12-16)11-26(3,35)36)14(2)31-25(38-34-37)20-10-17(27)5-7-21(20)28/h4-10,12,25,31,35-36H,1-2,11,29H2,3H3,(H,32,33). The molecule has 0 fully saturated rings. The van der Waals surface area contributed by atoms with E-state index < -0.39 is 23.6 Å². The van der Waals surface area contributed by atoms with Gasteiger partial charge in [0.25, 0.3) is 0 Å². The van der Waals surface area contributed by atoms with Gasteiger partial charge < -0.3 is 26.1 Å². The van der Waals surface area contributed by atoms with Gasteiger partial charge in [-0.2, -0.15) is 5.10 Å². The van der Waals surface area contributed by atoms with Crippen LogP contribution in [0.2, 0.25) is 0 Å². The Bertz CT molecular complexity index is 1550. The first-order chi connectivity index (χ1) is 18.0. The number of nitrogens with two attached hydrogens (primary N) is 1. The van der Waals surface area contributed by atoms with Crippen molar-refractivity contribution in [3.63, 3.8) is 0 Å². The molecule has 0 bridgehead atoms. The van der Waals surface area contributed by atoms with Crippen molar-refractivity contribution < 1.29 is 23.8 Å². The van der Waals surface area contributed by atoms with Gasteiger partial charge in [-0.25, -0.2) is 8.78 Å². The molecule has 38 heavy (non-hydrogen) atoms. The van der Waals surface area contributed by atoms with Gasteiger partial charge in [0.15, 0.2) is 11.1 Å². The van der Waals surface area contributed by atoms with Crippen molar-refractivity contribution in [3.05, 3.63) is 101 Å². The Balaban J connectivity index is 1.75. The first-order valence-corrected chi connectivity index (χ1v) is 11.2. The fourth-order valence-electron chi connectivity index (χ4n) is 3.97. The van der Waals surface area contributed by atoms with Crippen molar-refractivity contribution in [2.24, 2.45) is 11.1 Å². The van der Waals surface area contributed by atoms with Crippen LogP contribution in [0.4, 0.5) is 8.78 Å². The molecule has 12 heteroatoms. The van der Waals surface area contributed by atoms with Gasteiger partial charge in [0, 0.05) is 34.8 Å². The lowest BCUT2D eigenvalue weighted by Crippen LogP contribution is -2.28. The normalized spacial score (nSPS) is 12.2. The van der Waals surface area contributed by atoms with Gasteiger partial charge in [-0.15, -0.1) is 4.91 Å². The van der Waals surface area contributed by atoms with E-state index in [0.29, 0.717) is 28.0 Å². The first-order valence-electron chi connectivity index (χ1n) is 11.2. The van der Waals surface area contributed by atoms with Crippen molar-refractivity contribution in [1.29, 1.82) is 0 Å². The highest BCUT2D eigenvalue weighted by Crippen LogP contribution is 2.31. The number of nitrogens with one attached hydrogen (secondary N) is 2. The summed E-state index contributed by atoms with van der Waals surface area (Å²) in [4.78, 5) is 20.0. The summed E-state index contributed by atoms with van der Waals surface area (Å²) in [5.74, 6) is -3.73. The Labute approximate surface area is 215 Å². The molecule has 2 heterocycles. The second kappa shape index (κ2) is 10.4. The maximum Gasteiger partial charge on any atom is 0.229 e. The van der Waals surface area contributed by atoms with Crippen LogP contribution < -0.4 is 11.1 Å². The van der Waals surface area contributed by atoms with E-state index in [0.717, 1.165) is 29.1 Å². The molecule has 0 aliphatic carbocycles. The fraction of sp³-hybridized carbons (Fsp3) is 0.154. The van der Waals surface area contributed by atoms with Gasteiger partial charge in [-0.3, -0.25) is 10.1 Å². The summed E-state index contributed by atoms with van der Waals surface area (Å²) >= 11 is 0. The van der Waals surface area contributed by atoms with E-state index >= 15 is 0 Å². The van der Waals surface area contributed by atoms with Crippen molar-refractivity contribution >= 4 is 22.3 Å². The molecule has 10 nitrogen and oxygen atoms in total. The summed E-state index contributed by atoms with van der Waals surface area (Å²) in [6, 6.07) is 9.75. The predicted molar refractivity (Wildman–Crippen MR) is 137 cm³/mol. The molecule has 1 unspecified atom stereocenters. The highest BCUT2D eigenvalue weighted by atomic mass is 19.1. The number of pyridine rings is 1. The van der Waals surface area contributed by atoms with Crippen LogP contribution in [0.1, 0.15) is 35.7 Å². The second-order valence-corrected chi connectivity index (χ2v) is 8.82. The molecule has 2 aromatic carbocycles. The highest BCUT2D eigenvalue weighted by Gasteiger charge is 2.24. The van der Waals surface area contributed by atoms with Crippen molar-refractivity contribution in [3.8, 4) is 11.1 Å². The van der Waals surface area contributed by atoms with Gasteiger partial charge >= 0.3 is 0 Å². The molecule has 0 spiro atoms. The van der Waals surface area contributed by atoms with Crippen LogP contribution in [0.15, 0.2) is 67.2 Å². The lowest BCUT2D eigenvalue weighted by Gasteiger charge is -2.22. The topological polar surface area (TPSA) is 159 Å². The molecule has 0 aliphatic heterocycles. The molecule has 0 saturated carbocycles. The number of fused-ring (bicyclic) bond motifs is 1. The number of benzene rings is 2. The van der Waals surface area contributed by atoms with E-state index in [4.69, 9.17) is 10.6 Å². The van der Waals surface area contributed by atoms with E-state index in [1.54, 1.807) is 6.07 Å². The minimum atomic E-state index is -2.12. The number of hydrogen-bond acceptors (Lipinski definition) is 9. The summed E-state index contributed by atoms with van der Waals surface area (Å²) in [6.07, 6.45) is -0.298. The lowest BCUT2D eigenvalue weighted by atomic mass is 9.98. The molecule has 0 radical (unpaired) electrons. The summed E-state index contributed by atoms with van der Waals surface area (Å²) in [5, 5.41) is 32.9. The monoisotopic (exact) mass is 522 g/mol. The quantitative estimate of drug-likeness (QED) is 0.119. The van der Waals surface area contributed by atoms with Gasteiger partial charge in [0.1, 0.15) is 17.3 Å². The zero-order valence-electron chi connectivity index (χ0n) is 20.2. The Morgan fingerprint density at radius 3 is 2.66 bits per heavy atom. The smallest absolute Gasteiger partial charge is 0.229 e. The third-order valence-corrected chi connectivity index (χ3v) is 5.69. The number of aromatic nitrogens is 3. The predicted octanol–water partition coefficient (Wildman–Crippen LogP) is 4.03. The molecule has 2 aromatic heterocycles. The highest BCUT2D eigenvalue weighted by molar-refractivity contribution is 5.92. The van der Waals surface area contributed by atoms with Gasteiger partial charge in [-0.05, 0) is 48.9 Å². The molecule has 0 amide bonds. The van der Waals surface area contributed by atoms with Crippen molar-refractivity contribution in [2.45, 2.75) is 25.4 Å². The molecular weight excluding hydrogens is 498 g/mol. The number of aromatic amines is 1. The molecular formula is C26H24F2N6O4. The van der Waals surface area contributed by atoms with Crippen LogP contribution in [0, 0.1) is 16.5 Å². The average molecular weight is 523 g/mol. The summed E-state index contributed by atoms with van der Waals surface area (Å²) in [6.45, 7) is 8.83. The fourth-order valence-corrected chi connectivity index (χ4v) is 3.97. The third-order valence-electron chi connectivity index (χ3n) is 5.69. The Morgan fingerprint density at radius 1 is 1.21 bits per heavy atom. The number of nitrogens with zero attached hydrogens (tertiary/aromatic N) is 3. The Kier molecular flexibility index (Phi) is 7.19. The minimum Gasteiger partial charge on any atom is -0.397 e.